The fourth-order valence-corrected chi connectivity index (χ4v) is 2.45. The van der Waals surface area contributed by atoms with E-state index < -0.39 is 6.10 Å². The van der Waals surface area contributed by atoms with E-state index in [0.717, 1.165) is 25.8 Å². The van der Waals surface area contributed by atoms with Crippen LogP contribution in [0, 0.1) is 0 Å². The molecule has 110 valence electrons. The minimum atomic E-state index is -0.765. The Morgan fingerprint density at radius 1 is 1.50 bits per heavy atom. The maximum Gasteiger partial charge on any atom is 0.237 e. The third-order valence-electron chi connectivity index (χ3n) is 3.59. The molecule has 0 aromatic heterocycles. The Labute approximate surface area is 119 Å². The monoisotopic (exact) mass is 278 g/mol. The van der Waals surface area contributed by atoms with Crippen LogP contribution in [0.25, 0.3) is 0 Å². The fourth-order valence-electron chi connectivity index (χ4n) is 2.45. The predicted molar refractivity (Wildman–Crippen MR) is 76.6 cm³/mol. The molecule has 2 atom stereocenters. The Bertz CT molecular complexity index is 444. The minimum Gasteiger partial charge on any atom is -0.496 e. The lowest BCUT2D eigenvalue weighted by Gasteiger charge is -2.23. The van der Waals surface area contributed by atoms with Crippen molar-refractivity contribution < 1.29 is 14.6 Å². The lowest BCUT2D eigenvalue weighted by molar-refractivity contribution is -0.124. The van der Waals surface area contributed by atoms with Crippen molar-refractivity contribution in [1.82, 2.24) is 10.6 Å². The molecule has 1 aliphatic heterocycles. The van der Waals surface area contributed by atoms with E-state index in [1.165, 1.54) is 0 Å². The maximum atomic E-state index is 12.0. The van der Waals surface area contributed by atoms with Crippen LogP contribution >= 0.6 is 0 Å². The van der Waals surface area contributed by atoms with Crippen LogP contribution in [0.15, 0.2) is 24.3 Å². The number of hydrogen-bond donors (Lipinski definition) is 3. The van der Waals surface area contributed by atoms with E-state index in [1.807, 2.05) is 12.1 Å². The van der Waals surface area contributed by atoms with E-state index in [4.69, 9.17) is 4.74 Å². The topological polar surface area (TPSA) is 70.6 Å². The standard InChI is InChI=1S/C15H22N2O3/c1-20-14-8-3-2-6-11(14)13(18)10-17-15(19)12-7-4-5-9-16-12/h2-3,6,8,12-13,16,18H,4-5,7,9-10H2,1H3,(H,17,19)/t12-,13-/m1/s1. The number of carbonyl (C=O) groups excluding carboxylic acids is 1. The van der Waals surface area contributed by atoms with Gasteiger partial charge in [0.2, 0.25) is 5.91 Å². The molecular formula is C15H22N2O3. The Hall–Kier alpha value is -1.59. The summed E-state index contributed by atoms with van der Waals surface area (Å²) in [5.74, 6) is 0.587. The molecule has 1 fully saturated rings. The van der Waals surface area contributed by atoms with Gasteiger partial charge in [0.1, 0.15) is 5.75 Å². The number of methoxy groups -OCH3 is 1. The minimum absolute atomic E-state index is 0.0429. The van der Waals surface area contributed by atoms with Gasteiger partial charge in [-0.25, -0.2) is 0 Å². The highest BCUT2D eigenvalue weighted by molar-refractivity contribution is 5.81. The molecule has 1 aromatic carbocycles. The molecule has 1 aliphatic rings. The second-order valence-electron chi connectivity index (χ2n) is 5.01. The molecule has 2 rings (SSSR count). The highest BCUT2D eigenvalue weighted by atomic mass is 16.5. The summed E-state index contributed by atoms with van der Waals surface area (Å²) in [6.45, 7) is 1.07. The van der Waals surface area contributed by atoms with Gasteiger partial charge in [-0.2, -0.15) is 0 Å². The van der Waals surface area contributed by atoms with Gasteiger partial charge in [0, 0.05) is 12.1 Å². The van der Waals surface area contributed by atoms with Gasteiger partial charge in [-0.1, -0.05) is 24.6 Å². The number of carbonyl (C=O) groups is 1. The van der Waals surface area contributed by atoms with Crippen LogP contribution in [-0.4, -0.2) is 37.3 Å². The van der Waals surface area contributed by atoms with E-state index in [9.17, 15) is 9.90 Å². The van der Waals surface area contributed by atoms with Crippen LogP contribution in [0.3, 0.4) is 0 Å². The second-order valence-corrected chi connectivity index (χ2v) is 5.01. The summed E-state index contributed by atoms with van der Waals surface area (Å²) in [5.41, 5.74) is 0.687. The number of piperidine rings is 1. The Morgan fingerprint density at radius 3 is 3.00 bits per heavy atom. The molecule has 5 heteroatoms. The average molecular weight is 278 g/mol. The summed E-state index contributed by atoms with van der Waals surface area (Å²) < 4.78 is 5.20. The van der Waals surface area contributed by atoms with E-state index in [1.54, 1.807) is 19.2 Å². The zero-order chi connectivity index (χ0) is 14.4. The molecule has 3 N–H and O–H groups in total. The number of ether oxygens (including phenoxy) is 1. The summed E-state index contributed by atoms with van der Waals surface area (Å²) in [4.78, 5) is 12.0. The van der Waals surface area contributed by atoms with Crippen LogP contribution in [0.5, 0.6) is 5.75 Å². The molecular weight excluding hydrogens is 256 g/mol. The van der Waals surface area contributed by atoms with Crippen molar-refractivity contribution in [2.75, 3.05) is 20.2 Å². The normalized spacial score (nSPS) is 20.2. The van der Waals surface area contributed by atoms with E-state index >= 15 is 0 Å². The molecule has 1 aromatic rings. The number of amides is 1. The lowest BCUT2D eigenvalue weighted by atomic mass is 10.0. The second kappa shape index (κ2) is 7.26. The summed E-state index contributed by atoms with van der Waals surface area (Å²) in [5, 5.41) is 16.1. The fraction of sp³-hybridized carbons (Fsp3) is 0.533. The molecule has 0 bridgehead atoms. The van der Waals surface area contributed by atoms with Crippen molar-refractivity contribution in [2.24, 2.45) is 0 Å². The number of hydrogen-bond acceptors (Lipinski definition) is 4. The predicted octanol–water partition coefficient (Wildman–Crippen LogP) is 0.987. The van der Waals surface area contributed by atoms with E-state index in [2.05, 4.69) is 10.6 Å². The van der Waals surface area contributed by atoms with Crippen molar-refractivity contribution in [1.29, 1.82) is 0 Å². The van der Waals surface area contributed by atoms with Crippen molar-refractivity contribution >= 4 is 5.91 Å². The first-order chi connectivity index (χ1) is 9.72. The van der Waals surface area contributed by atoms with Crippen molar-refractivity contribution in [3.63, 3.8) is 0 Å². The summed E-state index contributed by atoms with van der Waals surface area (Å²) in [6.07, 6.45) is 2.28. The molecule has 0 saturated carbocycles. The Balaban J connectivity index is 1.88. The summed E-state index contributed by atoms with van der Waals surface area (Å²) >= 11 is 0. The largest absolute Gasteiger partial charge is 0.496 e. The van der Waals surface area contributed by atoms with Gasteiger partial charge in [-0.05, 0) is 25.5 Å². The third kappa shape index (κ3) is 3.71. The molecule has 1 amide bonds. The molecule has 20 heavy (non-hydrogen) atoms. The first-order valence-electron chi connectivity index (χ1n) is 7.04. The Morgan fingerprint density at radius 2 is 2.30 bits per heavy atom. The number of aliphatic hydroxyl groups is 1. The highest BCUT2D eigenvalue weighted by Gasteiger charge is 2.21. The number of benzene rings is 1. The molecule has 0 spiro atoms. The number of nitrogens with one attached hydrogen (secondary N) is 2. The van der Waals surface area contributed by atoms with Crippen molar-refractivity contribution in [3.05, 3.63) is 29.8 Å². The maximum absolute atomic E-state index is 12.0. The average Bonchev–Trinajstić information content (AvgIpc) is 2.53. The quantitative estimate of drug-likeness (QED) is 0.751. The number of para-hydroxylation sites is 1. The highest BCUT2D eigenvalue weighted by Crippen LogP contribution is 2.24. The first kappa shape index (κ1) is 14.8. The summed E-state index contributed by atoms with van der Waals surface area (Å²) in [7, 11) is 1.57. The van der Waals surface area contributed by atoms with Gasteiger partial charge in [0.05, 0.1) is 19.3 Å². The molecule has 1 saturated heterocycles. The zero-order valence-electron chi connectivity index (χ0n) is 11.8. The Kier molecular flexibility index (Phi) is 5.38. The van der Waals surface area contributed by atoms with Crippen LogP contribution in [0.2, 0.25) is 0 Å². The van der Waals surface area contributed by atoms with Gasteiger partial charge in [0.25, 0.3) is 0 Å². The number of aliphatic hydroxyl groups excluding tert-OH is 1. The van der Waals surface area contributed by atoms with Crippen molar-refractivity contribution in [3.8, 4) is 5.75 Å². The van der Waals surface area contributed by atoms with Gasteiger partial charge in [0.15, 0.2) is 0 Å². The van der Waals surface area contributed by atoms with E-state index in [0.29, 0.717) is 11.3 Å². The van der Waals surface area contributed by atoms with Gasteiger partial charge in [-0.3, -0.25) is 4.79 Å². The van der Waals surface area contributed by atoms with Crippen LogP contribution < -0.4 is 15.4 Å². The van der Waals surface area contributed by atoms with Gasteiger partial charge < -0.3 is 20.5 Å². The lowest BCUT2D eigenvalue weighted by Crippen LogP contribution is -2.47. The molecule has 0 unspecified atom stereocenters. The first-order valence-corrected chi connectivity index (χ1v) is 7.04. The molecule has 5 nitrogen and oxygen atoms in total. The molecule has 0 radical (unpaired) electrons. The smallest absolute Gasteiger partial charge is 0.237 e. The summed E-state index contributed by atoms with van der Waals surface area (Å²) in [6, 6.07) is 7.15. The molecule has 0 aliphatic carbocycles. The zero-order valence-corrected chi connectivity index (χ0v) is 11.8. The SMILES string of the molecule is COc1ccccc1[C@H](O)CNC(=O)[C@H]1CCCCN1. The number of rotatable bonds is 5. The van der Waals surface area contributed by atoms with Gasteiger partial charge in [-0.15, -0.1) is 0 Å². The van der Waals surface area contributed by atoms with E-state index in [-0.39, 0.29) is 18.5 Å². The van der Waals surface area contributed by atoms with Crippen LogP contribution in [0.4, 0.5) is 0 Å². The third-order valence-corrected chi connectivity index (χ3v) is 3.59. The van der Waals surface area contributed by atoms with Crippen molar-refractivity contribution in [2.45, 2.75) is 31.4 Å². The molecule has 1 heterocycles. The van der Waals surface area contributed by atoms with Crippen LogP contribution in [0.1, 0.15) is 30.9 Å². The van der Waals surface area contributed by atoms with Crippen LogP contribution in [-0.2, 0) is 4.79 Å². The van der Waals surface area contributed by atoms with Gasteiger partial charge >= 0.3 is 0 Å².